The van der Waals surface area contributed by atoms with Gasteiger partial charge in [0.25, 0.3) is 5.91 Å². The monoisotopic (exact) mass is 651 g/mol. The first kappa shape index (κ1) is 35.2. The van der Waals surface area contributed by atoms with Gasteiger partial charge in [0.2, 0.25) is 17.7 Å². The molecule has 1 aliphatic heterocycles. The molecule has 13 heteroatoms. The molecule has 3 N–H and O–H groups in total. The van der Waals surface area contributed by atoms with Crippen LogP contribution in [0.2, 0.25) is 0 Å². The molecule has 3 aromatic rings. The largest absolute Gasteiger partial charge is 0.344 e. The van der Waals surface area contributed by atoms with Crippen LogP contribution < -0.4 is 16.0 Å². The van der Waals surface area contributed by atoms with Crippen LogP contribution in [0.15, 0.2) is 54.7 Å². The van der Waals surface area contributed by atoms with E-state index < -0.39 is 47.4 Å². The summed E-state index contributed by atoms with van der Waals surface area (Å²) in [7, 11) is 1.98. The maximum Gasteiger partial charge on any atom is 0.270 e. The number of benzene rings is 2. The average molecular weight is 652 g/mol. The Hall–Kier alpha value is -4.65. The third-order valence-corrected chi connectivity index (χ3v) is 8.71. The van der Waals surface area contributed by atoms with Gasteiger partial charge in [0.15, 0.2) is 0 Å². The summed E-state index contributed by atoms with van der Waals surface area (Å²) in [6.07, 6.45) is 1.67. The van der Waals surface area contributed by atoms with Crippen molar-refractivity contribution in [2.45, 2.75) is 64.6 Å². The van der Waals surface area contributed by atoms with Crippen LogP contribution in [0.25, 0.3) is 0 Å². The zero-order valence-corrected chi connectivity index (χ0v) is 27.4. The molecule has 2 aromatic carbocycles. The van der Waals surface area contributed by atoms with Crippen LogP contribution >= 0.6 is 0 Å². The summed E-state index contributed by atoms with van der Waals surface area (Å²) in [5, 5.41) is 12.3. The number of aryl methyl sites for hydroxylation is 1. The van der Waals surface area contributed by atoms with Crippen molar-refractivity contribution >= 4 is 29.3 Å². The minimum Gasteiger partial charge on any atom is -0.344 e. The summed E-state index contributed by atoms with van der Waals surface area (Å²) < 4.78 is 30.8. The molecule has 4 amide bonds. The summed E-state index contributed by atoms with van der Waals surface area (Å²) in [6, 6.07) is 9.26. The maximum absolute atomic E-state index is 15.6. The van der Waals surface area contributed by atoms with Gasteiger partial charge in [-0.1, -0.05) is 39.0 Å². The second kappa shape index (κ2) is 15.8. The molecule has 1 aromatic heterocycles. The third-order valence-electron chi connectivity index (χ3n) is 8.71. The zero-order chi connectivity index (χ0) is 34.2. The van der Waals surface area contributed by atoms with Crippen molar-refractivity contribution in [3.05, 3.63) is 83.2 Å². The van der Waals surface area contributed by atoms with Crippen LogP contribution in [0.3, 0.4) is 0 Å². The zero-order valence-electron chi connectivity index (χ0n) is 27.4. The first-order valence-corrected chi connectivity index (χ1v) is 15.9. The number of rotatable bonds is 12. The van der Waals surface area contributed by atoms with E-state index in [2.05, 4.69) is 25.9 Å². The highest BCUT2D eigenvalue weighted by Crippen LogP contribution is 2.27. The quantitative estimate of drug-likeness (QED) is 0.275. The number of aromatic nitrogens is 2. The molecular formula is C34H43F2N7O4. The molecule has 1 fully saturated rings. The highest BCUT2D eigenvalue weighted by atomic mass is 19.1. The predicted octanol–water partition coefficient (Wildman–Crippen LogP) is 3.49. The Morgan fingerprint density at radius 1 is 0.851 bits per heavy atom. The molecule has 0 aliphatic carbocycles. The Labute approximate surface area is 273 Å². The van der Waals surface area contributed by atoms with Gasteiger partial charge in [-0.15, -0.1) is 0 Å². The van der Waals surface area contributed by atoms with E-state index in [9.17, 15) is 23.6 Å². The van der Waals surface area contributed by atoms with Gasteiger partial charge in [-0.3, -0.25) is 23.9 Å². The summed E-state index contributed by atoms with van der Waals surface area (Å²) in [6.45, 7) is 9.87. The lowest BCUT2D eigenvalue weighted by Gasteiger charge is -2.36. The molecule has 0 bridgehead atoms. The number of amides is 4. The number of carbonyl (C=O) groups excluding carboxylic acids is 4. The molecule has 2 heterocycles. The van der Waals surface area contributed by atoms with Crippen molar-refractivity contribution in [1.82, 2.24) is 30.2 Å². The maximum atomic E-state index is 15.6. The third kappa shape index (κ3) is 8.59. The second-order valence-electron chi connectivity index (χ2n) is 11.9. The van der Waals surface area contributed by atoms with Gasteiger partial charge in [-0.25, -0.2) is 8.78 Å². The average Bonchev–Trinajstić information content (AvgIpc) is 3.56. The van der Waals surface area contributed by atoms with Crippen molar-refractivity contribution < 1.29 is 28.0 Å². The summed E-state index contributed by atoms with van der Waals surface area (Å²) in [4.78, 5) is 56.7. The van der Waals surface area contributed by atoms with E-state index in [0.29, 0.717) is 43.9 Å². The van der Waals surface area contributed by atoms with Crippen molar-refractivity contribution in [3.63, 3.8) is 0 Å². The summed E-state index contributed by atoms with van der Waals surface area (Å²) in [5.41, 5.74) is 1.17. The van der Waals surface area contributed by atoms with Gasteiger partial charge in [0.05, 0.1) is 5.69 Å². The highest BCUT2D eigenvalue weighted by Gasteiger charge is 2.34. The van der Waals surface area contributed by atoms with Crippen LogP contribution in [-0.2, 0) is 20.9 Å². The van der Waals surface area contributed by atoms with E-state index in [-0.39, 0.29) is 29.6 Å². The van der Waals surface area contributed by atoms with Crippen LogP contribution in [-0.4, -0.2) is 88.5 Å². The summed E-state index contributed by atoms with van der Waals surface area (Å²) in [5.74, 6) is -4.16. The minimum absolute atomic E-state index is 0.130. The van der Waals surface area contributed by atoms with Crippen molar-refractivity contribution in [2.75, 3.05) is 38.5 Å². The highest BCUT2D eigenvalue weighted by molar-refractivity contribution is 6.01. The summed E-state index contributed by atoms with van der Waals surface area (Å²) >= 11 is 0. The molecule has 0 radical (unpaired) electrons. The molecule has 252 valence electrons. The van der Waals surface area contributed by atoms with Gasteiger partial charge in [-0.2, -0.15) is 5.10 Å². The Balaban J connectivity index is 1.56. The Morgan fingerprint density at radius 3 is 2.11 bits per heavy atom. The molecule has 47 heavy (non-hydrogen) atoms. The van der Waals surface area contributed by atoms with Crippen LogP contribution in [0, 0.1) is 11.6 Å². The normalized spacial score (nSPS) is 16.1. The van der Waals surface area contributed by atoms with E-state index >= 15 is 4.39 Å². The molecule has 4 atom stereocenters. The van der Waals surface area contributed by atoms with Crippen LogP contribution in [0.1, 0.15) is 67.6 Å². The number of nitrogens with one attached hydrogen (secondary N) is 3. The fourth-order valence-corrected chi connectivity index (χ4v) is 5.59. The van der Waals surface area contributed by atoms with Gasteiger partial charge >= 0.3 is 0 Å². The first-order valence-electron chi connectivity index (χ1n) is 15.9. The van der Waals surface area contributed by atoms with Crippen molar-refractivity contribution in [3.8, 4) is 0 Å². The number of hydrogen-bond acceptors (Lipinski definition) is 6. The number of anilines is 1. The molecule has 1 aliphatic rings. The Kier molecular flexibility index (Phi) is 11.8. The molecular weight excluding hydrogens is 608 g/mol. The standard InChI is InChI=1S/C34H43F2N7O4/c1-6-29(44)39-31(34(47)42-18-16-41(5)17-19-42)22(4)24-10-13-27(26(36)20-24)38-33(46)30(21(3)23-8-11-25(35)12-9-23)40-32(45)28-14-15-37-43(28)7-2/h8-15,20-22,30-31H,6-7,16-19H2,1-5H3,(H,38,46)(H,39,44)(H,40,45)/t21-,22-,30-,31+/m0/s1. The van der Waals surface area contributed by atoms with Crippen molar-refractivity contribution in [2.24, 2.45) is 0 Å². The van der Waals surface area contributed by atoms with Crippen LogP contribution in [0.4, 0.5) is 14.5 Å². The first-order chi connectivity index (χ1) is 22.4. The van der Waals surface area contributed by atoms with E-state index in [1.807, 2.05) is 14.0 Å². The fraction of sp³-hybridized carbons (Fsp3) is 0.441. The number of piperazine rings is 1. The van der Waals surface area contributed by atoms with Crippen molar-refractivity contribution in [1.29, 1.82) is 0 Å². The lowest BCUT2D eigenvalue weighted by atomic mass is 9.91. The number of carbonyl (C=O) groups is 4. The van der Waals surface area contributed by atoms with E-state index in [1.165, 1.54) is 53.3 Å². The lowest BCUT2D eigenvalue weighted by molar-refractivity contribution is -0.138. The van der Waals surface area contributed by atoms with Gasteiger partial charge in [0.1, 0.15) is 29.4 Å². The van der Waals surface area contributed by atoms with Gasteiger partial charge < -0.3 is 25.8 Å². The van der Waals surface area contributed by atoms with Crippen LogP contribution in [0.5, 0.6) is 0 Å². The fourth-order valence-electron chi connectivity index (χ4n) is 5.59. The molecule has 0 unspecified atom stereocenters. The van der Waals surface area contributed by atoms with Gasteiger partial charge in [-0.05, 0) is 55.4 Å². The SMILES string of the molecule is CCC(=O)N[C@@H](C(=O)N1CCN(C)CC1)[C@@H](C)c1ccc(NC(=O)[C@@H](NC(=O)c2ccnn2CC)[C@@H](C)c2ccc(F)cc2)c(F)c1. The molecule has 1 saturated heterocycles. The molecule has 0 spiro atoms. The number of nitrogens with zero attached hydrogens (tertiary/aromatic N) is 4. The Morgan fingerprint density at radius 2 is 1.49 bits per heavy atom. The lowest BCUT2D eigenvalue weighted by Crippen LogP contribution is -2.55. The number of hydrogen-bond donors (Lipinski definition) is 3. The van der Waals surface area contributed by atoms with E-state index in [4.69, 9.17) is 0 Å². The van der Waals surface area contributed by atoms with E-state index in [0.717, 1.165) is 0 Å². The topological polar surface area (TPSA) is 129 Å². The Bertz CT molecular complexity index is 1570. The number of halogens is 2. The molecule has 0 saturated carbocycles. The minimum atomic E-state index is -1.17. The second-order valence-corrected chi connectivity index (χ2v) is 11.9. The van der Waals surface area contributed by atoms with E-state index in [1.54, 1.807) is 31.7 Å². The smallest absolute Gasteiger partial charge is 0.270 e. The molecule has 4 rings (SSSR count). The van der Waals surface area contributed by atoms with Gasteiger partial charge in [0, 0.05) is 57.2 Å². The molecule has 11 nitrogen and oxygen atoms in total. The predicted molar refractivity (Wildman–Crippen MR) is 174 cm³/mol. The number of likely N-dealkylation sites (N-methyl/N-ethyl adjacent to an activating group) is 1.